The predicted molar refractivity (Wildman–Crippen MR) is 65.3 cm³/mol. The molecule has 1 saturated heterocycles. The van der Waals surface area contributed by atoms with E-state index < -0.39 is 8.07 Å². The molecule has 14 heavy (non-hydrogen) atoms. The summed E-state index contributed by atoms with van der Waals surface area (Å²) in [6.45, 7) is 9.00. The van der Waals surface area contributed by atoms with E-state index in [-0.39, 0.29) is 5.91 Å². The van der Waals surface area contributed by atoms with Crippen molar-refractivity contribution in [3.8, 4) is 0 Å². The molecule has 84 valence electrons. The molecule has 0 radical (unpaired) electrons. The number of carbonyl (C=O) groups is 1. The van der Waals surface area contributed by atoms with Gasteiger partial charge < -0.3 is 5.32 Å². The number of carbonyl (C=O) groups excluding carboxylic acids is 1. The van der Waals surface area contributed by atoms with Crippen LogP contribution in [0.1, 0.15) is 33.1 Å². The maximum Gasteiger partial charge on any atom is 0.216 e. The monoisotopic (exact) mass is 215 g/mol. The van der Waals surface area contributed by atoms with Crippen LogP contribution >= 0.6 is 0 Å². The Hall–Kier alpha value is -0.313. The number of rotatable bonds is 0. The van der Waals surface area contributed by atoms with E-state index in [1.807, 2.05) is 0 Å². The molecule has 1 unspecified atom stereocenters. The van der Waals surface area contributed by atoms with E-state index in [0.29, 0.717) is 0 Å². The van der Waals surface area contributed by atoms with Gasteiger partial charge in [-0.15, -0.1) is 0 Å². The Bertz CT molecular complexity index is 180. The quantitative estimate of drug-likeness (QED) is 0.618. The summed E-state index contributed by atoms with van der Waals surface area (Å²) < 4.78 is 0. The van der Waals surface area contributed by atoms with Crippen molar-refractivity contribution in [2.24, 2.45) is 0 Å². The van der Waals surface area contributed by atoms with E-state index in [2.05, 4.69) is 25.3 Å². The molecule has 0 bridgehead atoms. The molecule has 1 atom stereocenters. The topological polar surface area (TPSA) is 29.1 Å². The van der Waals surface area contributed by atoms with Gasteiger partial charge in [-0.2, -0.15) is 0 Å². The number of hydrogen-bond donors (Lipinski definition) is 1. The first-order chi connectivity index (χ1) is 6.40. The van der Waals surface area contributed by atoms with Gasteiger partial charge in [0.1, 0.15) is 0 Å². The summed E-state index contributed by atoms with van der Waals surface area (Å²) in [5.74, 6) is 0.00463. The lowest BCUT2D eigenvalue weighted by molar-refractivity contribution is -0.118. The zero-order valence-electron chi connectivity index (χ0n) is 10.3. The second-order valence-electron chi connectivity index (χ2n) is 4.94. The maximum absolute atomic E-state index is 9.70. The molecule has 0 aromatic rings. The van der Waals surface area contributed by atoms with Gasteiger partial charge in [-0.3, -0.25) is 4.79 Å². The summed E-state index contributed by atoms with van der Waals surface area (Å²) in [6.07, 6.45) is 4.53. The standard InChI is InChI=1S/C8H18Si.C3H7NO/c1-8-6-4-5-7-9(8,2)3;1-3(5)4-2/h8H,4-7H2,1-3H3;1-2H3,(H,4,5). The Balaban J connectivity index is 0.000000292. The lowest BCUT2D eigenvalue weighted by Gasteiger charge is -2.34. The van der Waals surface area contributed by atoms with Gasteiger partial charge in [0.15, 0.2) is 0 Å². The molecule has 3 heteroatoms. The van der Waals surface area contributed by atoms with Crippen molar-refractivity contribution in [3.63, 3.8) is 0 Å². The second kappa shape index (κ2) is 6.22. The number of amides is 1. The zero-order valence-corrected chi connectivity index (χ0v) is 11.3. The van der Waals surface area contributed by atoms with Crippen LogP contribution in [0.4, 0.5) is 0 Å². The number of nitrogens with one attached hydrogen (secondary N) is 1. The van der Waals surface area contributed by atoms with Crippen LogP contribution in [-0.2, 0) is 4.79 Å². The summed E-state index contributed by atoms with van der Waals surface area (Å²) in [5.41, 5.74) is 1.09. The minimum atomic E-state index is -0.694. The van der Waals surface area contributed by atoms with E-state index in [4.69, 9.17) is 0 Å². The average Bonchev–Trinajstić information content (AvgIpc) is 2.11. The van der Waals surface area contributed by atoms with Crippen LogP contribution in [0.3, 0.4) is 0 Å². The van der Waals surface area contributed by atoms with Gasteiger partial charge in [0.25, 0.3) is 0 Å². The van der Waals surface area contributed by atoms with Crippen molar-refractivity contribution >= 4 is 14.0 Å². The van der Waals surface area contributed by atoms with E-state index >= 15 is 0 Å². The van der Waals surface area contributed by atoms with Crippen LogP contribution in [0.5, 0.6) is 0 Å². The summed E-state index contributed by atoms with van der Waals surface area (Å²) in [5, 5.41) is 2.39. The highest BCUT2D eigenvalue weighted by molar-refractivity contribution is 6.78. The van der Waals surface area contributed by atoms with E-state index in [9.17, 15) is 4.79 Å². The van der Waals surface area contributed by atoms with Crippen LogP contribution in [-0.4, -0.2) is 21.0 Å². The molecular formula is C11H25NOSi. The van der Waals surface area contributed by atoms with Crippen molar-refractivity contribution in [2.45, 2.75) is 57.8 Å². The molecule has 2 nitrogen and oxygen atoms in total. The smallest absolute Gasteiger partial charge is 0.216 e. The van der Waals surface area contributed by atoms with Gasteiger partial charge in [0.2, 0.25) is 5.91 Å². The lowest BCUT2D eigenvalue weighted by atomic mass is 10.2. The molecule has 1 rings (SSSR count). The molecular weight excluding hydrogens is 190 g/mol. The molecule has 1 amide bonds. The highest BCUT2D eigenvalue weighted by atomic mass is 28.3. The third kappa shape index (κ3) is 5.42. The Morgan fingerprint density at radius 2 is 1.86 bits per heavy atom. The fourth-order valence-corrected chi connectivity index (χ4v) is 4.31. The van der Waals surface area contributed by atoms with E-state index in [1.165, 1.54) is 26.2 Å². The van der Waals surface area contributed by atoms with Crippen molar-refractivity contribution in [3.05, 3.63) is 0 Å². The maximum atomic E-state index is 9.70. The summed E-state index contributed by atoms with van der Waals surface area (Å²) in [7, 11) is 0.906. The third-order valence-corrected chi connectivity index (χ3v) is 7.99. The van der Waals surface area contributed by atoms with Crippen LogP contribution in [0, 0.1) is 0 Å². The fraction of sp³-hybridized carbons (Fsp3) is 0.909. The average molecular weight is 215 g/mol. The normalized spacial score (nSPS) is 24.5. The summed E-state index contributed by atoms with van der Waals surface area (Å²) in [4.78, 5) is 9.70. The van der Waals surface area contributed by atoms with Crippen LogP contribution in [0.2, 0.25) is 24.7 Å². The molecule has 0 saturated carbocycles. The highest BCUT2D eigenvalue weighted by Crippen LogP contribution is 2.36. The number of hydrogen-bond acceptors (Lipinski definition) is 1. The SMILES string of the molecule is CC1CCCC[Si]1(C)C.CNC(C)=O. The van der Waals surface area contributed by atoms with Crippen molar-refractivity contribution in [2.75, 3.05) is 7.05 Å². The molecule has 1 fully saturated rings. The Kier molecular flexibility index (Phi) is 6.08. The zero-order chi connectivity index (χ0) is 11.2. The van der Waals surface area contributed by atoms with Crippen LogP contribution in [0.25, 0.3) is 0 Å². The second-order valence-corrected chi connectivity index (χ2v) is 10.4. The van der Waals surface area contributed by atoms with Crippen molar-refractivity contribution < 1.29 is 4.79 Å². The van der Waals surface area contributed by atoms with E-state index in [0.717, 1.165) is 5.54 Å². The molecule has 0 aliphatic carbocycles. The third-order valence-electron chi connectivity index (χ3n) is 3.39. The lowest BCUT2D eigenvalue weighted by Crippen LogP contribution is -2.33. The van der Waals surface area contributed by atoms with Crippen molar-refractivity contribution in [1.82, 2.24) is 5.32 Å². The fourth-order valence-electron chi connectivity index (χ4n) is 1.67. The van der Waals surface area contributed by atoms with Gasteiger partial charge >= 0.3 is 0 Å². The minimum Gasteiger partial charge on any atom is -0.359 e. The summed E-state index contributed by atoms with van der Waals surface area (Å²) in [6, 6.07) is 1.58. The first-order valence-electron chi connectivity index (χ1n) is 5.58. The Morgan fingerprint density at radius 1 is 1.36 bits per heavy atom. The molecule has 1 heterocycles. The van der Waals surface area contributed by atoms with Crippen LogP contribution in [0.15, 0.2) is 0 Å². The summed E-state index contributed by atoms with van der Waals surface area (Å²) >= 11 is 0. The first kappa shape index (κ1) is 13.7. The van der Waals surface area contributed by atoms with Gasteiger partial charge in [-0.25, -0.2) is 0 Å². The van der Waals surface area contributed by atoms with Crippen LogP contribution < -0.4 is 5.32 Å². The predicted octanol–water partition coefficient (Wildman–Crippen LogP) is 3.02. The first-order valence-corrected chi connectivity index (χ1v) is 8.87. The molecule has 0 aromatic heterocycles. The Morgan fingerprint density at radius 3 is 2.07 bits per heavy atom. The molecule has 1 aliphatic rings. The van der Waals surface area contributed by atoms with Gasteiger partial charge in [0, 0.05) is 14.0 Å². The van der Waals surface area contributed by atoms with Crippen molar-refractivity contribution in [1.29, 1.82) is 0 Å². The molecule has 1 N–H and O–H groups in total. The van der Waals surface area contributed by atoms with Gasteiger partial charge in [0.05, 0.1) is 8.07 Å². The van der Waals surface area contributed by atoms with Gasteiger partial charge in [-0.05, 0) is 5.54 Å². The van der Waals surface area contributed by atoms with Gasteiger partial charge in [-0.1, -0.05) is 45.3 Å². The highest BCUT2D eigenvalue weighted by Gasteiger charge is 2.30. The Labute approximate surface area is 89.5 Å². The molecule has 1 aliphatic heterocycles. The molecule has 0 spiro atoms. The van der Waals surface area contributed by atoms with E-state index in [1.54, 1.807) is 13.1 Å². The molecule has 0 aromatic carbocycles. The largest absolute Gasteiger partial charge is 0.359 e. The minimum absolute atomic E-state index is 0.00463.